The van der Waals surface area contributed by atoms with E-state index in [1.165, 1.54) is 17.4 Å². The van der Waals surface area contributed by atoms with E-state index in [2.05, 4.69) is 20.3 Å². The number of hydrogen-bond donors (Lipinski definition) is 0. The molecular weight excluding hydrogens is 303 g/mol. The molecule has 0 unspecified atom stereocenters. The molecule has 0 saturated carbocycles. The maximum absolute atomic E-state index is 12.4. The Morgan fingerprint density at radius 3 is 2.67 bits per heavy atom. The van der Waals surface area contributed by atoms with E-state index in [9.17, 15) is 13.2 Å². The molecule has 0 amide bonds. The molecule has 0 N–H and O–H groups in total. The fourth-order valence-electron chi connectivity index (χ4n) is 1.69. The standard InChI is InChI=1S/C12H8F3N5S/c13-12(14,15)10-2-1-8(5-17-10)9-6-20(19-18-9)7-11-16-3-4-21-11/h1-6H,7H2. The highest BCUT2D eigenvalue weighted by Crippen LogP contribution is 2.28. The molecule has 3 heterocycles. The van der Waals surface area contributed by atoms with Crippen LogP contribution >= 0.6 is 11.3 Å². The summed E-state index contributed by atoms with van der Waals surface area (Å²) >= 11 is 1.49. The lowest BCUT2D eigenvalue weighted by Gasteiger charge is -2.04. The van der Waals surface area contributed by atoms with Gasteiger partial charge < -0.3 is 0 Å². The van der Waals surface area contributed by atoms with Gasteiger partial charge in [-0.15, -0.1) is 16.4 Å². The Morgan fingerprint density at radius 1 is 1.19 bits per heavy atom. The van der Waals surface area contributed by atoms with E-state index >= 15 is 0 Å². The molecule has 0 radical (unpaired) electrons. The highest BCUT2D eigenvalue weighted by molar-refractivity contribution is 7.09. The van der Waals surface area contributed by atoms with Crippen LogP contribution in [0.15, 0.2) is 36.1 Å². The molecule has 0 atom stereocenters. The summed E-state index contributed by atoms with van der Waals surface area (Å²) in [6, 6.07) is 2.25. The van der Waals surface area contributed by atoms with Gasteiger partial charge in [0.25, 0.3) is 0 Å². The minimum absolute atomic E-state index is 0.466. The SMILES string of the molecule is FC(F)(F)c1ccc(-c2cn(Cc3nccs3)nn2)cn1. The van der Waals surface area contributed by atoms with E-state index < -0.39 is 11.9 Å². The molecule has 0 bridgehead atoms. The fourth-order valence-corrected chi connectivity index (χ4v) is 2.30. The van der Waals surface area contributed by atoms with Crippen molar-refractivity contribution in [3.05, 3.63) is 46.8 Å². The van der Waals surface area contributed by atoms with Crippen molar-refractivity contribution in [2.75, 3.05) is 0 Å². The van der Waals surface area contributed by atoms with Gasteiger partial charge >= 0.3 is 6.18 Å². The number of pyridine rings is 1. The molecule has 3 aromatic rings. The maximum Gasteiger partial charge on any atom is 0.433 e. The molecule has 0 aromatic carbocycles. The van der Waals surface area contributed by atoms with Crippen LogP contribution in [0.1, 0.15) is 10.7 Å². The van der Waals surface area contributed by atoms with Crippen LogP contribution in [-0.2, 0) is 12.7 Å². The highest BCUT2D eigenvalue weighted by atomic mass is 32.1. The van der Waals surface area contributed by atoms with Crippen LogP contribution in [0.25, 0.3) is 11.3 Å². The molecule has 0 aliphatic carbocycles. The minimum atomic E-state index is -4.44. The summed E-state index contributed by atoms with van der Waals surface area (Å²) in [5, 5.41) is 10.6. The van der Waals surface area contributed by atoms with E-state index in [1.54, 1.807) is 17.1 Å². The average molecular weight is 311 g/mol. The zero-order valence-corrected chi connectivity index (χ0v) is 11.3. The number of halogens is 3. The molecule has 108 valence electrons. The molecule has 9 heteroatoms. The van der Waals surface area contributed by atoms with Crippen molar-refractivity contribution >= 4 is 11.3 Å². The zero-order valence-electron chi connectivity index (χ0n) is 10.4. The smallest absolute Gasteiger partial charge is 0.251 e. The quantitative estimate of drug-likeness (QED) is 0.746. The zero-order chi connectivity index (χ0) is 14.9. The summed E-state index contributed by atoms with van der Waals surface area (Å²) in [6.45, 7) is 0.471. The molecule has 21 heavy (non-hydrogen) atoms. The van der Waals surface area contributed by atoms with Crippen molar-refractivity contribution < 1.29 is 13.2 Å². The van der Waals surface area contributed by atoms with Crippen molar-refractivity contribution in [2.45, 2.75) is 12.7 Å². The van der Waals surface area contributed by atoms with Gasteiger partial charge in [0.15, 0.2) is 0 Å². The van der Waals surface area contributed by atoms with Crippen molar-refractivity contribution in [1.82, 2.24) is 25.0 Å². The van der Waals surface area contributed by atoms with Gasteiger partial charge in [0, 0.05) is 23.3 Å². The van der Waals surface area contributed by atoms with E-state index in [1.807, 2.05) is 5.38 Å². The van der Waals surface area contributed by atoms with Gasteiger partial charge in [0.05, 0.1) is 12.7 Å². The number of rotatable bonds is 3. The number of nitrogens with zero attached hydrogens (tertiary/aromatic N) is 5. The van der Waals surface area contributed by atoms with Crippen LogP contribution in [0.4, 0.5) is 13.2 Å². The topological polar surface area (TPSA) is 56.5 Å². The van der Waals surface area contributed by atoms with Crippen LogP contribution < -0.4 is 0 Å². The van der Waals surface area contributed by atoms with Gasteiger partial charge in [-0.1, -0.05) is 5.21 Å². The third kappa shape index (κ3) is 3.07. The predicted octanol–water partition coefficient (Wildman–Crippen LogP) is 2.86. The Labute approximate surface area is 121 Å². The lowest BCUT2D eigenvalue weighted by atomic mass is 10.2. The summed E-state index contributed by atoms with van der Waals surface area (Å²) < 4.78 is 38.9. The summed E-state index contributed by atoms with van der Waals surface area (Å²) in [5.74, 6) is 0. The molecule has 0 fully saturated rings. The van der Waals surface area contributed by atoms with Crippen LogP contribution in [0.5, 0.6) is 0 Å². The van der Waals surface area contributed by atoms with Gasteiger partial charge in [-0.25, -0.2) is 9.67 Å². The molecule has 0 aliphatic rings. The second kappa shape index (κ2) is 5.24. The van der Waals surface area contributed by atoms with Crippen LogP contribution in [0, 0.1) is 0 Å². The van der Waals surface area contributed by atoms with Crippen LogP contribution in [0.2, 0.25) is 0 Å². The van der Waals surface area contributed by atoms with Gasteiger partial charge in [-0.3, -0.25) is 4.98 Å². The van der Waals surface area contributed by atoms with E-state index in [4.69, 9.17) is 0 Å². The van der Waals surface area contributed by atoms with Crippen LogP contribution in [0.3, 0.4) is 0 Å². The number of alkyl halides is 3. The first-order valence-electron chi connectivity index (χ1n) is 5.84. The summed E-state index contributed by atoms with van der Waals surface area (Å²) in [7, 11) is 0. The summed E-state index contributed by atoms with van der Waals surface area (Å²) in [4.78, 5) is 7.52. The Hall–Kier alpha value is -2.29. The third-order valence-corrected chi connectivity index (χ3v) is 3.43. The molecule has 0 aliphatic heterocycles. The first-order valence-corrected chi connectivity index (χ1v) is 6.72. The van der Waals surface area contributed by atoms with Crippen LogP contribution in [-0.4, -0.2) is 25.0 Å². The second-order valence-corrected chi connectivity index (χ2v) is 5.14. The molecule has 5 nitrogen and oxygen atoms in total. The van der Waals surface area contributed by atoms with Gasteiger partial charge in [0.1, 0.15) is 16.4 Å². The minimum Gasteiger partial charge on any atom is -0.251 e. The first kappa shape index (κ1) is 13.7. The molecule has 3 aromatic heterocycles. The highest BCUT2D eigenvalue weighted by Gasteiger charge is 2.32. The molecular formula is C12H8F3N5S. The Balaban J connectivity index is 1.80. The first-order chi connectivity index (χ1) is 10.0. The van der Waals surface area contributed by atoms with Gasteiger partial charge in [-0.2, -0.15) is 13.2 Å². The van der Waals surface area contributed by atoms with Gasteiger partial charge in [0.2, 0.25) is 0 Å². The van der Waals surface area contributed by atoms with Crippen molar-refractivity contribution in [3.63, 3.8) is 0 Å². The Kier molecular flexibility index (Phi) is 3.42. The Morgan fingerprint density at radius 2 is 2.05 bits per heavy atom. The average Bonchev–Trinajstić information content (AvgIpc) is 3.10. The normalized spacial score (nSPS) is 11.8. The second-order valence-electron chi connectivity index (χ2n) is 4.16. The van der Waals surface area contributed by atoms with E-state index in [-0.39, 0.29) is 0 Å². The van der Waals surface area contributed by atoms with Gasteiger partial charge in [-0.05, 0) is 12.1 Å². The van der Waals surface area contributed by atoms with Crippen molar-refractivity contribution in [2.24, 2.45) is 0 Å². The maximum atomic E-state index is 12.4. The van der Waals surface area contributed by atoms with E-state index in [0.29, 0.717) is 17.8 Å². The molecule has 0 saturated heterocycles. The lowest BCUT2D eigenvalue weighted by Crippen LogP contribution is -2.07. The van der Waals surface area contributed by atoms with E-state index in [0.717, 1.165) is 17.3 Å². The number of thiazole rings is 1. The molecule has 3 rings (SSSR count). The Bertz CT molecular complexity index is 718. The lowest BCUT2D eigenvalue weighted by molar-refractivity contribution is -0.141. The van der Waals surface area contributed by atoms with Crippen molar-refractivity contribution in [1.29, 1.82) is 0 Å². The predicted molar refractivity (Wildman–Crippen MR) is 69.5 cm³/mol. The fraction of sp³-hybridized carbons (Fsp3) is 0.167. The molecule has 0 spiro atoms. The number of hydrogen-bond acceptors (Lipinski definition) is 5. The third-order valence-electron chi connectivity index (χ3n) is 2.67. The number of aromatic nitrogens is 5. The monoisotopic (exact) mass is 311 g/mol. The summed E-state index contributed by atoms with van der Waals surface area (Å²) in [6.07, 6.45) is 0.0326. The largest absolute Gasteiger partial charge is 0.433 e. The summed E-state index contributed by atoms with van der Waals surface area (Å²) in [5.41, 5.74) is 0.0163. The van der Waals surface area contributed by atoms with Crippen molar-refractivity contribution in [3.8, 4) is 11.3 Å².